The second-order valence-corrected chi connectivity index (χ2v) is 4.95. The van der Waals surface area contributed by atoms with Crippen LogP contribution in [-0.2, 0) is 4.74 Å². The standard InChI is InChI=1S/C13H20N2O5/c1-4-19-11-7(2)5-15(13(18)14-11)12-8(3)10(17)9(6-16)20-12/h5,8-10,12,16-17H,4,6H2,1-3H3/t8-,9+,10-,12+/m0/s1. The molecule has 0 spiro atoms. The summed E-state index contributed by atoms with van der Waals surface area (Å²) in [5.41, 5.74) is 0.214. The second-order valence-electron chi connectivity index (χ2n) is 4.95. The van der Waals surface area contributed by atoms with Crippen molar-refractivity contribution in [2.24, 2.45) is 5.92 Å². The zero-order valence-electron chi connectivity index (χ0n) is 11.8. The summed E-state index contributed by atoms with van der Waals surface area (Å²) < 4.78 is 12.1. The van der Waals surface area contributed by atoms with Gasteiger partial charge in [-0.15, -0.1) is 0 Å². The average Bonchev–Trinajstić information content (AvgIpc) is 2.70. The highest BCUT2D eigenvalue weighted by Gasteiger charge is 2.42. The lowest BCUT2D eigenvalue weighted by molar-refractivity contribution is -0.0478. The highest BCUT2D eigenvalue weighted by Crippen LogP contribution is 2.33. The molecular weight excluding hydrogens is 264 g/mol. The number of aromatic nitrogens is 2. The molecule has 0 unspecified atom stereocenters. The number of hydrogen-bond donors (Lipinski definition) is 2. The Labute approximate surface area is 116 Å². The largest absolute Gasteiger partial charge is 0.478 e. The molecule has 2 rings (SSSR count). The Morgan fingerprint density at radius 2 is 2.25 bits per heavy atom. The molecule has 1 aliphatic heterocycles. The number of aliphatic hydroxyl groups excluding tert-OH is 2. The van der Waals surface area contributed by atoms with Crippen LogP contribution >= 0.6 is 0 Å². The average molecular weight is 284 g/mol. The fourth-order valence-corrected chi connectivity index (χ4v) is 2.38. The van der Waals surface area contributed by atoms with Gasteiger partial charge in [-0.05, 0) is 13.8 Å². The van der Waals surface area contributed by atoms with Crippen molar-refractivity contribution >= 4 is 0 Å². The Kier molecular flexibility index (Phi) is 4.42. The van der Waals surface area contributed by atoms with Crippen molar-refractivity contribution in [1.29, 1.82) is 0 Å². The molecule has 1 aromatic rings. The number of nitrogens with zero attached hydrogens (tertiary/aromatic N) is 2. The van der Waals surface area contributed by atoms with Crippen LogP contribution in [-0.4, -0.2) is 45.2 Å². The van der Waals surface area contributed by atoms with Crippen LogP contribution in [0, 0.1) is 12.8 Å². The van der Waals surface area contributed by atoms with Gasteiger partial charge in [0, 0.05) is 17.7 Å². The van der Waals surface area contributed by atoms with Crippen molar-refractivity contribution in [3.63, 3.8) is 0 Å². The molecule has 1 saturated heterocycles. The topological polar surface area (TPSA) is 93.8 Å². The van der Waals surface area contributed by atoms with Gasteiger partial charge in [0.25, 0.3) is 0 Å². The van der Waals surface area contributed by atoms with E-state index >= 15 is 0 Å². The highest BCUT2D eigenvalue weighted by atomic mass is 16.5. The Balaban J connectivity index is 2.34. The quantitative estimate of drug-likeness (QED) is 0.798. The zero-order chi connectivity index (χ0) is 14.9. The van der Waals surface area contributed by atoms with E-state index in [1.165, 1.54) is 4.57 Å². The van der Waals surface area contributed by atoms with E-state index in [-0.39, 0.29) is 12.5 Å². The van der Waals surface area contributed by atoms with E-state index in [0.717, 1.165) is 0 Å². The fourth-order valence-electron chi connectivity index (χ4n) is 2.38. The van der Waals surface area contributed by atoms with Gasteiger partial charge in [0.15, 0.2) is 0 Å². The summed E-state index contributed by atoms with van der Waals surface area (Å²) in [4.78, 5) is 15.9. The van der Waals surface area contributed by atoms with Crippen LogP contribution in [0.1, 0.15) is 25.6 Å². The van der Waals surface area contributed by atoms with Crippen LogP contribution in [0.2, 0.25) is 0 Å². The van der Waals surface area contributed by atoms with Crippen LogP contribution < -0.4 is 10.4 Å². The lowest BCUT2D eigenvalue weighted by Gasteiger charge is -2.19. The lowest BCUT2D eigenvalue weighted by atomic mass is 10.0. The van der Waals surface area contributed by atoms with Gasteiger partial charge in [-0.25, -0.2) is 4.79 Å². The normalized spacial score (nSPS) is 29.6. The Morgan fingerprint density at radius 1 is 1.55 bits per heavy atom. The fraction of sp³-hybridized carbons (Fsp3) is 0.692. The van der Waals surface area contributed by atoms with Gasteiger partial charge in [0.2, 0.25) is 5.88 Å². The number of rotatable bonds is 4. The first-order chi connectivity index (χ1) is 9.49. The SMILES string of the molecule is CCOc1nc(=O)n([C@@H]2O[C@H](CO)[C@@H](O)[C@@H]2C)cc1C. The first-order valence-electron chi connectivity index (χ1n) is 6.66. The van der Waals surface area contributed by atoms with E-state index in [0.29, 0.717) is 18.1 Å². The molecule has 0 amide bonds. The highest BCUT2D eigenvalue weighted by molar-refractivity contribution is 5.20. The summed E-state index contributed by atoms with van der Waals surface area (Å²) in [5.74, 6) is -0.0114. The summed E-state index contributed by atoms with van der Waals surface area (Å²) in [6.07, 6.45) is -0.539. The maximum atomic E-state index is 12.0. The van der Waals surface area contributed by atoms with Gasteiger partial charge in [-0.3, -0.25) is 4.57 Å². The molecule has 7 nitrogen and oxygen atoms in total. The molecule has 112 valence electrons. The Bertz CT molecular complexity index is 530. The zero-order valence-corrected chi connectivity index (χ0v) is 11.8. The Hall–Kier alpha value is -1.44. The molecule has 0 aliphatic carbocycles. The molecule has 1 aromatic heterocycles. The number of aryl methyl sites for hydroxylation is 1. The molecule has 1 fully saturated rings. The van der Waals surface area contributed by atoms with Gasteiger partial charge < -0.3 is 19.7 Å². The van der Waals surface area contributed by atoms with Crippen molar-refractivity contribution in [3.05, 3.63) is 22.2 Å². The minimum Gasteiger partial charge on any atom is -0.478 e. The molecule has 2 heterocycles. The molecule has 0 aromatic carbocycles. The number of hydrogen-bond acceptors (Lipinski definition) is 6. The van der Waals surface area contributed by atoms with E-state index < -0.39 is 24.1 Å². The molecule has 2 N–H and O–H groups in total. The first kappa shape index (κ1) is 15.0. The lowest BCUT2D eigenvalue weighted by Crippen LogP contribution is -2.31. The number of ether oxygens (including phenoxy) is 2. The predicted molar refractivity (Wildman–Crippen MR) is 70.6 cm³/mol. The summed E-state index contributed by atoms with van der Waals surface area (Å²) in [6.45, 7) is 5.51. The van der Waals surface area contributed by atoms with Crippen LogP contribution in [0.5, 0.6) is 5.88 Å². The Morgan fingerprint density at radius 3 is 2.80 bits per heavy atom. The molecule has 7 heteroatoms. The van der Waals surface area contributed by atoms with Crippen molar-refractivity contribution < 1.29 is 19.7 Å². The van der Waals surface area contributed by atoms with E-state index in [1.807, 2.05) is 6.92 Å². The smallest absolute Gasteiger partial charge is 0.353 e. The maximum Gasteiger partial charge on any atom is 0.353 e. The third-order valence-electron chi connectivity index (χ3n) is 3.51. The minimum atomic E-state index is -0.816. The first-order valence-corrected chi connectivity index (χ1v) is 6.66. The van der Waals surface area contributed by atoms with Crippen LogP contribution in [0.4, 0.5) is 0 Å². The van der Waals surface area contributed by atoms with Crippen molar-refractivity contribution in [2.75, 3.05) is 13.2 Å². The van der Waals surface area contributed by atoms with E-state index in [2.05, 4.69) is 4.98 Å². The predicted octanol–water partition coefficient (Wildman–Crippen LogP) is -0.163. The van der Waals surface area contributed by atoms with E-state index in [1.54, 1.807) is 20.0 Å². The molecule has 1 aliphatic rings. The van der Waals surface area contributed by atoms with Crippen molar-refractivity contribution in [1.82, 2.24) is 9.55 Å². The van der Waals surface area contributed by atoms with Gasteiger partial charge in [0.1, 0.15) is 12.3 Å². The van der Waals surface area contributed by atoms with Crippen LogP contribution in [0.3, 0.4) is 0 Å². The molecule has 0 bridgehead atoms. The molecule has 4 atom stereocenters. The second kappa shape index (κ2) is 5.90. The molecular formula is C13H20N2O5. The van der Waals surface area contributed by atoms with Gasteiger partial charge in [0.05, 0.1) is 19.3 Å². The minimum absolute atomic E-state index is 0.291. The molecule has 0 saturated carbocycles. The number of aliphatic hydroxyl groups is 2. The third-order valence-corrected chi connectivity index (χ3v) is 3.51. The van der Waals surface area contributed by atoms with Gasteiger partial charge in [-0.1, -0.05) is 6.92 Å². The van der Waals surface area contributed by atoms with E-state index in [9.17, 15) is 9.90 Å². The summed E-state index contributed by atoms with van der Waals surface area (Å²) in [5, 5.41) is 19.1. The molecule has 20 heavy (non-hydrogen) atoms. The third kappa shape index (κ3) is 2.56. The monoisotopic (exact) mass is 284 g/mol. The summed E-state index contributed by atoms with van der Waals surface area (Å²) >= 11 is 0. The summed E-state index contributed by atoms with van der Waals surface area (Å²) in [6, 6.07) is 0. The van der Waals surface area contributed by atoms with Crippen molar-refractivity contribution in [2.45, 2.75) is 39.2 Å². The maximum absolute atomic E-state index is 12.0. The van der Waals surface area contributed by atoms with Gasteiger partial charge >= 0.3 is 5.69 Å². The van der Waals surface area contributed by atoms with E-state index in [4.69, 9.17) is 14.6 Å². The molecule has 0 radical (unpaired) electrons. The van der Waals surface area contributed by atoms with Crippen molar-refractivity contribution in [3.8, 4) is 5.88 Å². The van der Waals surface area contributed by atoms with Crippen LogP contribution in [0.25, 0.3) is 0 Å². The summed E-state index contributed by atoms with van der Waals surface area (Å²) in [7, 11) is 0. The van der Waals surface area contributed by atoms with Crippen LogP contribution in [0.15, 0.2) is 11.0 Å². The van der Waals surface area contributed by atoms with Gasteiger partial charge in [-0.2, -0.15) is 4.98 Å².